The topological polar surface area (TPSA) is 87.0 Å². The maximum Gasteiger partial charge on any atom is 0.263 e. The molecule has 7 nitrogen and oxygen atoms in total. The van der Waals surface area contributed by atoms with Crippen molar-refractivity contribution in [1.82, 2.24) is 20.4 Å². The number of hydrogen-bond acceptors (Lipinski definition) is 6. The zero-order chi connectivity index (χ0) is 23.7. The van der Waals surface area contributed by atoms with Crippen LogP contribution < -0.4 is 10.2 Å². The highest BCUT2D eigenvalue weighted by molar-refractivity contribution is 7.17. The van der Waals surface area contributed by atoms with E-state index in [0.29, 0.717) is 4.88 Å². The van der Waals surface area contributed by atoms with Crippen molar-refractivity contribution >= 4 is 33.3 Å². The Kier molecular flexibility index (Phi) is 6.41. The zero-order valence-electron chi connectivity index (χ0n) is 20.0. The average molecular weight is 478 g/mol. The zero-order valence-corrected chi connectivity index (χ0v) is 20.8. The lowest BCUT2D eigenvalue weighted by Gasteiger charge is -2.25. The molecular formula is C26H31N5O2S. The van der Waals surface area contributed by atoms with Crippen LogP contribution in [0.15, 0.2) is 35.1 Å². The van der Waals surface area contributed by atoms with Gasteiger partial charge in [0.05, 0.1) is 18.4 Å². The summed E-state index contributed by atoms with van der Waals surface area (Å²) in [5, 5.41) is 9.48. The first kappa shape index (κ1) is 22.7. The lowest BCUT2D eigenvalue weighted by molar-refractivity contribution is 0.0938. The van der Waals surface area contributed by atoms with Gasteiger partial charge in [0.15, 0.2) is 5.13 Å². The summed E-state index contributed by atoms with van der Waals surface area (Å²) in [7, 11) is 0. The second-order valence-electron chi connectivity index (χ2n) is 9.23. The average Bonchev–Trinajstić information content (AvgIpc) is 3.56. The van der Waals surface area contributed by atoms with Crippen LogP contribution in [0.2, 0.25) is 0 Å². The fourth-order valence-corrected chi connectivity index (χ4v) is 5.53. The number of hydrogen-bond donors (Lipinski definition) is 2. The van der Waals surface area contributed by atoms with Crippen LogP contribution >= 0.6 is 11.3 Å². The molecule has 0 spiro atoms. The van der Waals surface area contributed by atoms with Crippen molar-refractivity contribution in [2.45, 2.75) is 65.5 Å². The number of H-pyrrole nitrogens is 1. The van der Waals surface area contributed by atoms with E-state index in [0.717, 1.165) is 72.9 Å². The lowest BCUT2D eigenvalue weighted by Crippen LogP contribution is -2.36. The lowest BCUT2D eigenvalue weighted by atomic mass is 10.00. The van der Waals surface area contributed by atoms with Gasteiger partial charge in [0.25, 0.3) is 5.91 Å². The number of aryl methyl sites for hydroxylation is 2. The van der Waals surface area contributed by atoms with Gasteiger partial charge < -0.3 is 19.7 Å². The molecule has 1 aromatic carbocycles. The number of thiazole rings is 1. The van der Waals surface area contributed by atoms with Crippen molar-refractivity contribution < 1.29 is 9.32 Å². The molecule has 5 rings (SSSR count). The predicted molar refractivity (Wildman–Crippen MR) is 136 cm³/mol. The van der Waals surface area contributed by atoms with Gasteiger partial charge in [0.1, 0.15) is 10.6 Å². The number of carbonyl (C=O) groups is 1. The molecule has 0 radical (unpaired) electrons. The van der Waals surface area contributed by atoms with Gasteiger partial charge in [-0.3, -0.25) is 4.79 Å². The number of benzene rings is 1. The van der Waals surface area contributed by atoms with E-state index in [1.54, 1.807) is 6.20 Å². The number of fused-ring (bicyclic) bond motifs is 2. The number of anilines is 1. The molecule has 1 aliphatic heterocycles. The second kappa shape index (κ2) is 9.62. The molecule has 1 aliphatic rings. The van der Waals surface area contributed by atoms with Crippen LogP contribution in [0.5, 0.6) is 0 Å². The largest absolute Gasteiger partial charge is 0.361 e. The molecule has 0 saturated carbocycles. The van der Waals surface area contributed by atoms with Crippen molar-refractivity contribution in [3.8, 4) is 0 Å². The van der Waals surface area contributed by atoms with Crippen LogP contribution in [0.25, 0.3) is 10.9 Å². The smallest absolute Gasteiger partial charge is 0.263 e. The standard InChI is InChI=1S/C26H31N5O2S/c1-4-5-6-19(12-18-13-27-22-11-16(2)7-8-20(18)22)29-25(32)24-14-28-26(34-24)31-10-9-23-21(15-31)17(3)30-33-23/h7-8,11,13-14,19,27H,4-6,9-10,12,15H2,1-3H3,(H,29,32). The minimum absolute atomic E-state index is 0.0422. The summed E-state index contributed by atoms with van der Waals surface area (Å²) in [6.45, 7) is 7.79. The van der Waals surface area contributed by atoms with Gasteiger partial charge in [-0.25, -0.2) is 4.98 Å². The Morgan fingerprint density at radius 3 is 3.09 bits per heavy atom. The van der Waals surface area contributed by atoms with Crippen LogP contribution in [-0.2, 0) is 19.4 Å². The Morgan fingerprint density at radius 2 is 2.24 bits per heavy atom. The fourth-order valence-electron chi connectivity index (χ4n) is 4.69. The van der Waals surface area contributed by atoms with Crippen LogP contribution in [0.3, 0.4) is 0 Å². The first-order valence-electron chi connectivity index (χ1n) is 12.0. The van der Waals surface area contributed by atoms with E-state index in [2.05, 4.69) is 63.6 Å². The van der Waals surface area contributed by atoms with Crippen molar-refractivity contribution in [1.29, 1.82) is 0 Å². The van der Waals surface area contributed by atoms with E-state index < -0.39 is 0 Å². The molecule has 1 unspecified atom stereocenters. The Morgan fingerprint density at radius 1 is 1.35 bits per heavy atom. The van der Waals surface area contributed by atoms with Gasteiger partial charge in [0, 0.05) is 41.7 Å². The third-order valence-electron chi connectivity index (χ3n) is 6.64. The van der Waals surface area contributed by atoms with Gasteiger partial charge in [0.2, 0.25) is 0 Å². The molecule has 2 N–H and O–H groups in total. The third-order valence-corrected chi connectivity index (χ3v) is 7.70. The third kappa shape index (κ3) is 4.59. The fraction of sp³-hybridized carbons (Fsp3) is 0.423. The molecule has 3 aromatic heterocycles. The molecule has 4 aromatic rings. The number of aromatic amines is 1. The van der Waals surface area contributed by atoms with Gasteiger partial charge in [-0.15, -0.1) is 0 Å². The number of rotatable bonds is 8. The first-order valence-corrected chi connectivity index (χ1v) is 12.9. The molecule has 0 aliphatic carbocycles. The number of carbonyl (C=O) groups excluding carboxylic acids is 1. The molecule has 0 saturated heterocycles. The molecule has 0 bridgehead atoms. The first-order chi connectivity index (χ1) is 16.5. The van der Waals surface area contributed by atoms with Crippen LogP contribution in [0, 0.1) is 13.8 Å². The van der Waals surface area contributed by atoms with Crippen LogP contribution in [-0.4, -0.2) is 33.6 Å². The van der Waals surface area contributed by atoms with E-state index >= 15 is 0 Å². The van der Waals surface area contributed by atoms with Gasteiger partial charge in [-0.05, 0) is 43.9 Å². The SMILES string of the molecule is CCCCC(Cc1c[nH]c2cc(C)ccc12)NC(=O)c1cnc(N2CCc3onc(C)c3C2)s1. The predicted octanol–water partition coefficient (Wildman–Crippen LogP) is 5.32. The van der Waals surface area contributed by atoms with Crippen molar-refractivity contribution in [2.75, 3.05) is 11.4 Å². The summed E-state index contributed by atoms with van der Waals surface area (Å²) < 4.78 is 5.41. The van der Waals surface area contributed by atoms with Gasteiger partial charge in [-0.1, -0.05) is 48.4 Å². The number of amides is 1. The summed E-state index contributed by atoms with van der Waals surface area (Å²) in [5.41, 5.74) is 5.70. The highest BCUT2D eigenvalue weighted by atomic mass is 32.1. The molecule has 8 heteroatoms. The van der Waals surface area contributed by atoms with Crippen LogP contribution in [0.1, 0.15) is 64.0 Å². The summed E-state index contributed by atoms with van der Waals surface area (Å²) in [5.74, 6) is 0.925. The Labute approximate surface area is 203 Å². The summed E-state index contributed by atoms with van der Waals surface area (Å²) in [6, 6.07) is 6.56. The monoisotopic (exact) mass is 477 g/mol. The van der Waals surface area contributed by atoms with Crippen molar-refractivity contribution in [3.05, 3.63) is 63.6 Å². The van der Waals surface area contributed by atoms with E-state index in [1.165, 1.54) is 27.8 Å². The Hall–Kier alpha value is -3.13. The van der Waals surface area contributed by atoms with Gasteiger partial charge >= 0.3 is 0 Å². The Bertz CT molecular complexity index is 1300. The molecule has 1 atom stereocenters. The molecule has 4 heterocycles. The summed E-state index contributed by atoms with van der Waals surface area (Å²) in [6.07, 6.45) is 8.53. The molecule has 1 amide bonds. The van der Waals surface area contributed by atoms with Crippen LogP contribution in [0.4, 0.5) is 5.13 Å². The van der Waals surface area contributed by atoms with Crippen molar-refractivity contribution in [3.63, 3.8) is 0 Å². The van der Waals surface area contributed by atoms with E-state index in [-0.39, 0.29) is 11.9 Å². The summed E-state index contributed by atoms with van der Waals surface area (Å²) in [4.78, 5) is 24.0. The molecule has 34 heavy (non-hydrogen) atoms. The maximum atomic E-state index is 13.2. The van der Waals surface area contributed by atoms with Gasteiger partial charge in [-0.2, -0.15) is 0 Å². The van der Waals surface area contributed by atoms with E-state index in [4.69, 9.17) is 4.52 Å². The minimum Gasteiger partial charge on any atom is -0.361 e. The number of unbranched alkanes of at least 4 members (excludes halogenated alkanes) is 1. The van der Waals surface area contributed by atoms with E-state index in [1.807, 2.05) is 6.92 Å². The maximum absolute atomic E-state index is 13.2. The second-order valence-corrected chi connectivity index (χ2v) is 10.2. The van der Waals surface area contributed by atoms with E-state index in [9.17, 15) is 4.79 Å². The highest BCUT2D eigenvalue weighted by Gasteiger charge is 2.25. The quantitative estimate of drug-likeness (QED) is 0.358. The number of aromatic nitrogens is 3. The minimum atomic E-state index is -0.0422. The number of nitrogens with one attached hydrogen (secondary N) is 2. The summed E-state index contributed by atoms with van der Waals surface area (Å²) >= 11 is 1.45. The highest BCUT2D eigenvalue weighted by Crippen LogP contribution is 2.30. The molecular weight excluding hydrogens is 446 g/mol. The number of nitrogens with zero attached hydrogens (tertiary/aromatic N) is 3. The molecule has 178 valence electrons. The Balaban J connectivity index is 1.28. The normalized spacial score (nSPS) is 14.4. The van der Waals surface area contributed by atoms with Crippen molar-refractivity contribution in [2.24, 2.45) is 0 Å². The molecule has 0 fully saturated rings.